The quantitative estimate of drug-likeness (QED) is 0.880. The first kappa shape index (κ1) is 14.1. The Bertz CT molecular complexity index is 605. The second-order valence-electron chi connectivity index (χ2n) is 5.99. The number of aromatic nitrogens is 1. The molecule has 0 aliphatic heterocycles. The molecule has 1 N–H and O–H groups in total. The molecular weight excluding hydrogens is 258 g/mol. The lowest BCUT2D eigenvalue weighted by Crippen LogP contribution is -2.22. The zero-order chi connectivity index (χ0) is 14.7. The molecule has 1 aromatic carbocycles. The average Bonchev–Trinajstić information content (AvgIpc) is 3.29. The van der Waals surface area contributed by atoms with E-state index in [1.165, 1.54) is 29.5 Å². The second kappa shape index (κ2) is 6.27. The highest BCUT2D eigenvalue weighted by atomic mass is 15.2. The molecule has 0 bridgehead atoms. The molecule has 0 spiro atoms. The van der Waals surface area contributed by atoms with Crippen LogP contribution in [0.5, 0.6) is 0 Å². The van der Waals surface area contributed by atoms with Gasteiger partial charge in [0.2, 0.25) is 0 Å². The van der Waals surface area contributed by atoms with Crippen LogP contribution in [-0.2, 0) is 13.1 Å². The Morgan fingerprint density at radius 2 is 2.10 bits per heavy atom. The van der Waals surface area contributed by atoms with Crippen LogP contribution in [-0.4, -0.2) is 18.1 Å². The molecule has 1 aliphatic rings. The van der Waals surface area contributed by atoms with Gasteiger partial charge >= 0.3 is 0 Å². The van der Waals surface area contributed by atoms with E-state index in [9.17, 15) is 0 Å². The molecule has 0 radical (unpaired) electrons. The Hall–Kier alpha value is -1.87. The van der Waals surface area contributed by atoms with Crippen molar-refractivity contribution in [3.8, 4) is 0 Å². The topological polar surface area (TPSA) is 28.2 Å². The summed E-state index contributed by atoms with van der Waals surface area (Å²) in [6, 6.07) is 13.6. The minimum Gasteiger partial charge on any atom is -0.355 e. The Morgan fingerprint density at radius 3 is 2.86 bits per heavy atom. The largest absolute Gasteiger partial charge is 0.355 e. The van der Waals surface area contributed by atoms with Gasteiger partial charge in [-0.05, 0) is 31.4 Å². The first-order valence-corrected chi connectivity index (χ1v) is 7.66. The van der Waals surface area contributed by atoms with Crippen LogP contribution in [0.25, 0.3) is 0 Å². The van der Waals surface area contributed by atoms with Crippen LogP contribution in [0.4, 0.5) is 5.82 Å². The molecule has 3 rings (SSSR count). The maximum Gasteiger partial charge on any atom is 0.133 e. The van der Waals surface area contributed by atoms with Crippen LogP contribution >= 0.6 is 0 Å². The molecule has 1 heterocycles. The van der Waals surface area contributed by atoms with Crippen LogP contribution < -0.4 is 10.2 Å². The van der Waals surface area contributed by atoms with Crippen molar-refractivity contribution in [3.05, 3.63) is 59.3 Å². The van der Waals surface area contributed by atoms with Crippen molar-refractivity contribution in [3.63, 3.8) is 0 Å². The highest BCUT2D eigenvalue weighted by Gasteiger charge is 2.21. The Kier molecular flexibility index (Phi) is 4.20. The fourth-order valence-corrected chi connectivity index (χ4v) is 2.61. The van der Waals surface area contributed by atoms with E-state index >= 15 is 0 Å². The van der Waals surface area contributed by atoms with Gasteiger partial charge in [0.1, 0.15) is 5.82 Å². The van der Waals surface area contributed by atoms with Crippen molar-refractivity contribution >= 4 is 5.82 Å². The smallest absolute Gasteiger partial charge is 0.133 e. The summed E-state index contributed by atoms with van der Waals surface area (Å²) in [5, 5.41) is 3.57. The van der Waals surface area contributed by atoms with E-state index in [1.807, 2.05) is 12.3 Å². The monoisotopic (exact) mass is 281 g/mol. The predicted octanol–water partition coefficient (Wildman–Crippen LogP) is 3.28. The van der Waals surface area contributed by atoms with Crippen molar-refractivity contribution in [2.75, 3.05) is 11.9 Å². The fourth-order valence-electron chi connectivity index (χ4n) is 2.61. The van der Waals surface area contributed by atoms with Gasteiger partial charge in [0.15, 0.2) is 0 Å². The first-order valence-electron chi connectivity index (χ1n) is 7.66. The van der Waals surface area contributed by atoms with E-state index in [0.29, 0.717) is 0 Å². The number of hydrogen-bond donors (Lipinski definition) is 1. The Balaban J connectivity index is 1.72. The number of nitrogens with one attached hydrogen (secondary N) is 1. The summed E-state index contributed by atoms with van der Waals surface area (Å²) in [6.07, 6.45) is 4.51. The van der Waals surface area contributed by atoms with Gasteiger partial charge in [0.05, 0.1) is 0 Å². The zero-order valence-electron chi connectivity index (χ0n) is 12.8. The lowest BCUT2D eigenvalue weighted by atomic mass is 10.1. The van der Waals surface area contributed by atoms with Gasteiger partial charge in [0, 0.05) is 37.9 Å². The SMILES string of the molecule is Cc1cccc(CN(C)c2ncccc2CNC2CC2)c1. The molecule has 0 saturated heterocycles. The molecule has 110 valence electrons. The Labute approximate surface area is 127 Å². The molecule has 1 saturated carbocycles. The van der Waals surface area contributed by atoms with E-state index in [4.69, 9.17) is 0 Å². The van der Waals surface area contributed by atoms with E-state index < -0.39 is 0 Å². The molecule has 3 heteroatoms. The standard InChI is InChI=1S/C18H23N3/c1-14-5-3-6-15(11-14)13-21(2)18-16(7-4-10-19-18)12-20-17-8-9-17/h3-7,10-11,17,20H,8-9,12-13H2,1-2H3. The van der Waals surface area contributed by atoms with E-state index in [-0.39, 0.29) is 0 Å². The van der Waals surface area contributed by atoms with E-state index in [1.54, 1.807) is 0 Å². The molecule has 2 aromatic rings. The van der Waals surface area contributed by atoms with Crippen LogP contribution in [0.1, 0.15) is 29.5 Å². The number of nitrogens with zero attached hydrogens (tertiary/aromatic N) is 2. The minimum atomic E-state index is 0.722. The predicted molar refractivity (Wildman–Crippen MR) is 87.4 cm³/mol. The molecule has 3 nitrogen and oxygen atoms in total. The molecule has 1 aromatic heterocycles. The summed E-state index contributed by atoms with van der Waals surface area (Å²) < 4.78 is 0. The van der Waals surface area contributed by atoms with Crippen LogP contribution in [0.15, 0.2) is 42.6 Å². The van der Waals surface area contributed by atoms with Gasteiger partial charge in [-0.25, -0.2) is 4.98 Å². The maximum absolute atomic E-state index is 4.58. The summed E-state index contributed by atoms with van der Waals surface area (Å²) in [7, 11) is 2.12. The normalized spacial score (nSPS) is 14.2. The van der Waals surface area contributed by atoms with Gasteiger partial charge in [0.25, 0.3) is 0 Å². The van der Waals surface area contributed by atoms with Crippen LogP contribution in [0.2, 0.25) is 0 Å². The lowest BCUT2D eigenvalue weighted by Gasteiger charge is -2.21. The molecule has 1 fully saturated rings. The highest BCUT2D eigenvalue weighted by Crippen LogP contribution is 2.22. The van der Waals surface area contributed by atoms with Crippen LogP contribution in [0, 0.1) is 6.92 Å². The van der Waals surface area contributed by atoms with Crippen molar-refractivity contribution in [2.45, 2.75) is 38.9 Å². The lowest BCUT2D eigenvalue weighted by molar-refractivity contribution is 0.683. The summed E-state index contributed by atoms with van der Waals surface area (Å²) in [6.45, 7) is 3.93. The number of anilines is 1. The molecular formula is C18H23N3. The molecule has 0 atom stereocenters. The number of pyridine rings is 1. The van der Waals surface area contributed by atoms with Crippen molar-refractivity contribution in [1.29, 1.82) is 0 Å². The highest BCUT2D eigenvalue weighted by molar-refractivity contribution is 5.46. The van der Waals surface area contributed by atoms with Gasteiger partial charge < -0.3 is 10.2 Å². The number of rotatable bonds is 6. The van der Waals surface area contributed by atoms with Gasteiger partial charge in [-0.1, -0.05) is 35.9 Å². The maximum atomic E-state index is 4.58. The zero-order valence-corrected chi connectivity index (χ0v) is 12.8. The van der Waals surface area contributed by atoms with Gasteiger partial charge in [-0.3, -0.25) is 0 Å². The third-order valence-electron chi connectivity index (χ3n) is 3.89. The van der Waals surface area contributed by atoms with Gasteiger partial charge in [-0.15, -0.1) is 0 Å². The van der Waals surface area contributed by atoms with E-state index in [2.05, 4.69) is 59.5 Å². The third-order valence-corrected chi connectivity index (χ3v) is 3.89. The number of hydrogen-bond acceptors (Lipinski definition) is 3. The van der Waals surface area contributed by atoms with Crippen molar-refractivity contribution in [1.82, 2.24) is 10.3 Å². The van der Waals surface area contributed by atoms with Crippen molar-refractivity contribution in [2.24, 2.45) is 0 Å². The molecule has 1 aliphatic carbocycles. The van der Waals surface area contributed by atoms with Crippen LogP contribution in [0.3, 0.4) is 0 Å². The number of benzene rings is 1. The Morgan fingerprint density at radius 1 is 1.24 bits per heavy atom. The summed E-state index contributed by atoms with van der Waals surface area (Å²) in [5.74, 6) is 1.08. The second-order valence-corrected chi connectivity index (χ2v) is 5.99. The van der Waals surface area contributed by atoms with Crippen molar-refractivity contribution < 1.29 is 0 Å². The third kappa shape index (κ3) is 3.82. The first-order chi connectivity index (χ1) is 10.2. The summed E-state index contributed by atoms with van der Waals surface area (Å²) in [5.41, 5.74) is 3.90. The number of aryl methyl sites for hydroxylation is 1. The minimum absolute atomic E-state index is 0.722. The average molecular weight is 281 g/mol. The molecule has 0 amide bonds. The molecule has 21 heavy (non-hydrogen) atoms. The fraction of sp³-hybridized carbons (Fsp3) is 0.389. The van der Waals surface area contributed by atoms with E-state index in [0.717, 1.165) is 24.9 Å². The van der Waals surface area contributed by atoms with Gasteiger partial charge in [-0.2, -0.15) is 0 Å². The summed E-state index contributed by atoms with van der Waals surface area (Å²) >= 11 is 0. The summed E-state index contributed by atoms with van der Waals surface area (Å²) in [4.78, 5) is 6.82. The molecule has 0 unspecified atom stereocenters.